The largest absolute Gasteiger partial charge is 0.497 e. The Balaban J connectivity index is 2.39. The summed E-state index contributed by atoms with van der Waals surface area (Å²) in [5, 5.41) is 9.16. The molecule has 0 atom stereocenters. The van der Waals surface area contributed by atoms with Crippen LogP contribution in [0.5, 0.6) is 17.2 Å². The van der Waals surface area contributed by atoms with E-state index in [4.69, 9.17) is 14.6 Å². The standard InChI is InChI=1S/C14H10Br2O4/c1-19-9-3-5-12(11(16)7-9)20-13-6-8(15)2-4-10(13)14(17)18/h2-7H,1H3,(H,17,18). The summed E-state index contributed by atoms with van der Waals surface area (Å²) in [5.41, 5.74) is 0.0934. The van der Waals surface area contributed by atoms with Gasteiger partial charge in [-0.15, -0.1) is 0 Å². The summed E-state index contributed by atoms with van der Waals surface area (Å²) in [6.07, 6.45) is 0. The molecule has 0 spiro atoms. The molecule has 1 N–H and O–H groups in total. The van der Waals surface area contributed by atoms with Gasteiger partial charge in [0.2, 0.25) is 0 Å². The number of carboxylic acid groups (broad SMARTS) is 1. The zero-order chi connectivity index (χ0) is 14.7. The van der Waals surface area contributed by atoms with Crippen molar-refractivity contribution in [3.05, 3.63) is 50.9 Å². The molecular formula is C14H10Br2O4. The Kier molecular flexibility index (Phi) is 4.67. The SMILES string of the molecule is COc1ccc(Oc2cc(Br)ccc2C(=O)O)c(Br)c1. The molecule has 0 heterocycles. The van der Waals surface area contributed by atoms with Crippen LogP contribution in [0, 0.1) is 0 Å². The second-order valence-corrected chi connectivity index (χ2v) is 5.61. The van der Waals surface area contributed by atoms with E-state index in [1.807, 2.05) is 0 Å². The molecule has 2 aromatic carbocycles. The lowest BCUT2D eigenvalue weighted by Crippen LogP contribution is -2.00. The van der Waals surface area contributed by atoms with Crippen LogP contribution in [-0.2, 0) is 0 Å². The Hall–Kier alpha value is -1.53. The van der Waals surface area contributed by atoms with Gasteiger partial charge >= 0.3 is 5.97 Å². The molecule has 4 nitrogen and oxygen atoms in total. The number of halogens is 2. The molecule has 0 aromatic heterocycles. The molecule has 104 valence electrons. The summed E-state index contributed by atoms with van der Waals surface area (Å²) >= 11 is 6.66. The fourth-order valence-corrected chi connectivity index (χ4v) is 2.35. The summed E-state index contributed by atoms with van der Waals surface area (Å²) in [7, 11) is 1.57. The lowest BCUT2D eigenvalue weighted by atomic mass is 10.2. The minimum Gasteiger partial charge on any atom is -0.497 e. The maximum atomic E-state index is 11.2. The highest BCUT2D eigenvalue weighted by Crippen LogP contribution is 2.35. The summed E-state index contributed by atoms with van der Waals surface area (Å²) in [6, 6.07) is 9.93. The average molecular weight is 402 g/mol. The molecule has 0 aliphatic carbocycles. The quantitative estimate of drug-likeness (QED) is 0.805. The van der Waals surface area contributed by atoms with E-state index in [-0.39, 0.29) is 11.3 Å². The van der Waals surface area contributed by atoms with Crippen molar-refractivity contribution >= 4 is 37.8 Å². The van der Waals surface area contributed by atoms with Crippen LogP contribution in [0.25, 0.3) is 0 Å². The molecule has 0 bridgehead atoms. The lowest BCUT2D eigenvalue weighted by Gasteiger charge is -2.11. The predicted octanol–water partition coefficient (Wildman–Crippen LogP) is 4.71. The molecule has 0 amide bonds. The number of carbonyl (C=O) groups is 1. The normalized spacial score (nSPS) is 10.2. The summed E-state index contributed by atoms with van der Waals surface area (Å²) < 4.78 is 12.2. The molecule has 0 radical (unpaired) electrons. The van der Waals surface area contributed by atoms with Gasteiger partial charge in [-0.2, -0.15) is 0 Å². The maximum Gasteiger partial charge on any atom is 0.339 e. The fraction of sp³-hybridized carbons (Fsp3) is 0.0714. The molecule has 2 rings (SSSR count). The van der Waals surface area contributed by atoms with Gasteiger partial charge < -0.3 is 14.6 Å². The van der Waals surface area contributed by atoms with Crippen molar-refractivity contribution in [2.24, 2.45) is 0 Å². The molecule has 0 saturated carbocycles. The molecule has 6 heteroatoms. The highest BCUT2D eigenvalue weighted by molar-refractivity contribution is 9.10. The molecule has 0 fully saturated rings. The topological polar surface area (TPSA) is 55.8 Å². The first-order chi connectivity index (χ1) is 9.51. The maximum absolute atomic E-state index is 11.2. The second kappa shape index (κ2) is 6.28. The first kappa shape index (κ1) is 14.9. The third kappa shape index (κ3) is 3.32. The van der Waals surface area contributed by atoms with Gasteiger partial charge in [-0.05, 0) is 52.3 Å². The van der Waals surface area contributed by atoms with E-state index in [2.05, 4.69) is 31.9 Å². The van der Waals surface area contributed by atoms with Crippen LogP contribution in [0.1, 0.15) is 10.4 Å². The minimum atomic E-state index is -1.04. The molecule has 2 aromatic rings. The third-order valence-electron chi connectivity index (χ3n) is 2.53. The zero-order valence-electron chi connectivity index (χ0n) is 10.4. The zero-order valence-corrected chi connectivity index (χ0v) is 13.6. The van der Waals surface area contributed by atoms with Gasteiger partial charge in [-0.1, -0.05) is 15.9 Å². The Morgan fingerprint density at radius 3 is 2.45 bits per heavy atom. The second-order valence-electron chi connectivity index (χ2n) is 3.84. The van der Waals surface area contributed by atoms with Crippen molar-refractivity contribution in [3.8, 4) is 17.2 Å². The Morgan fingerprint density at radius 1 is 1.10 bits per heavy atom. The van der Waals surface area contributed by atoms with Crippen LogP contribution in [0.4, 0.5) is 0 Å². The number of methoxy groups -OCH3 is 1. The van der Waals surface area contributed by atoms with Crippen LogP contribution >= 0.6 is 31.9 Å². The van der Waals surface area contributed by atoms with E-state index in [0.717, 1.165) is 4.47 Å². The lowest BCUT2D eigenvalue weighted by molar-refractivity contribution is 0.0694. The van der Waals surface area contributed by atoms with Crippen LogP contribution in [0.15, 0.2) is 45.3 Å². The number of ether oxygens (including phenoxy) is 2. The highest BCUT2D eigenvalue weighted by atomic mass is 79.9. The van der Waals surface area contributed by atoms with E-state index >= 15 is 0 Å². The average Bonchev–Trinajstić information content (AvgIpc) is 2.40. The minimum absolute atomic E-state index is 0.0934. The number of rotatable bonds is 4. The van der Waals surface area contributed by atoms with Gasteiger partial charge in [-0.25, -0.2) is 4.79 Å². The first-order valence-electron chi connectivity index (χ1n) is 5.55. The smallest absolute Gasteiger partial charge is 0.339 e. The van der Waals surface area contributed by atoms with Crippen LogP contribution in [-0.4, -0.2) is 18.2 Å². The van der Waals surface area contributed by atoms with Crippen molar-refractivity contribution in [3.63, 3.8) is 0 Å². The van der Waals surface area contributed by atoms with E-state index in [9.17, 15) is 4.79 Å². The number of hydrogen-bond donors (Lipinski definition) is 1. The van der Waals surface area contributed by atoms with Gasteiger partial charge in [0.05, 0.1) is 11.6 Å². The van der Waals surface area contributed by atoms with Crippen molar-refractivity contribution in [1.29, 1.82) is 0 Å². The number of hydrogen-bond acceptors (Lipinski definition) is 3. The van der Waals surface area contributed by atoms with E-state index < -0.39 is 5.97 Å². The number of aromatic carboxylic acids is 1. The predicted molar refractivity (Wildman–Crippen MR) is 81.9 cm³/mol. The highest BCUT2D eigenvalue weighted by Gasteiger charge is 2.14. The monoisotopic (exact) mass is 400 g/mol. The van der Waals surface area contributed by atoms with Crippen molar-refractivity contribution in [2.45, 2.75) is 0 Å². The molecule has 0 aliphatic heterocycles. The molecule has 0 aliphatic rings. The van der Waals surface area contributed by atoms with Gasteiger partial charge in [0.25, 0.3) is 0 Å². The summed E-state index contributed by atoms with van der Waals surface area (Å²) in [5.74, 6) is 0.401. The Bertz CT molecular complexity index is 656. The molecule has 20 heavy (non-hydrogen) atoms. The van der Waals surface area contributed by atoms with Gasteiger partial charge in [-0.3, -0.25) is 0 Å². The van der Waals surface area contributed by atoms with Gasteiger partial charge in [0.15, 0.2) is 0 Å². The molecule has 0 saturated heterocycles. The van der Waals surface area contributed by atoms with Crippen molar-refractivity contribution < 1.29 is 19.4 Å². The van der Waals surface area contributed by atoms with Crippen LogP contribution in [0.2, 0.25) is 0 Å². The van der Waals surface area contributed by atoms with Crippen LogP contribution < -0.4 is 9.47 Å². The van der Waals surface area contributed by atoms with Gasteiger partial charge in [0, 0.05) is 4.47 Å². The van der Waals surface area contributed by atoms with Crippen LogP contribution in [0.3, 0.4) is 0 Å². The summed E-state index contributed by atoms with van der Waals surface area (Å²) in [6.45, 7) is 0. The van der Waals surface area contributed by atoms with E-state index in [1.165, 1.54) is 6.07 Å². The van der Waals surface area contributed by atoms with Crippen molar-refractivity contribution in [1.82, 2.24) is 0 Å². The molecular weight excluding hydrogens is 392 g/mol. The first-order valence-corrected chi connectivity index (χ1v) is 7.14. The number of benzene rings is 2. The Labute approximate surface area is 132 Å². The molecule has 0 unspecified atom stereocenters. The summed E-state index contributed by atoms with van der Waals surface area (Å²) in [4.78, 5) is 11.2. The van der Waals surface area contributed by atoms with Gasteiger partial charge in [0.1, 0.15) is 22.8 Å². The Morgan fingerprint density at radius 2 is 1.85 bits per heavy atom. The third-order valence-corrected chi connectivity index (χ3v) is 3.65. The van der Waals surface area contributed by atoms with Crippen molar-refractivity contribution in [2.75, 3.05) is 7.11 Å². The van der Waals surface area contributed by atoms with E-state index in [0.29, 0.717) is 16.0 Å². The fourth-order valence-electron chi connectivity index (χ4n) is 1.57. The number of carboxylic acids is 1. The van der Waals surface area contributed by atoms with E-state index in [1.54, 1.807) is 37.4 Å².